The lowest BCUT2D eigenvalue weighted by atomic mass is 10.0. The molecule has 4 aromatic carbocycles. The molecule has 14 N–H and O–H groups in total. The highest BCUT2D eigenvalue weighted by atomic mass is 32.2. The summed E-state index contributed by atoms with van der Waals surface area (Å²) in [5, 5.41) is 0. The molecule has 0 unspecified atom stereocenters. The third kappa shape index (κ3) is 10.1. The average Bonchev–Trinajstić information content (AvgIpc) is 2.97. The van der Waals surface area contributed by atoms with E-state index in [9.17, 15) is 45.1 Å². The van der Waals surface area contributed by atoms with Gasteiger partial charge in [-0.05, 0) is 66.7 Å². The molecule has 0 fully saturated rings. The minimum absolute atomic E-state index is 0.0558. The van der Waals surface area contributed by atoms with E-state index in [0.29, 0.717) is 11.1 Å². The van der Waals surface area contributed by atoms with Gasteiger partial charge in [-0.15, -0.1) is 0 Å². The minimum Gasteiger partial charge on any atom is -0.399 e. The van der Waals surface area contributed by atoms with Crippen LogP contribution in [0.2, 0.25) is 0 Å². The molecule has 4 aromatic rings. The lowest BCUT2D eigenvalue weighted by molar-refractivity contribution is 0.0988. The zero-order valence-corrected chi connectivity index (χ0v) is 25.2. The Morgan fingerprint density at radius 2 is 0.761 bits per heavy atom. The van der Waals surface area contributed by atoms with Gasteiger partial charge < -0.3 is 34.4 Å². The number of amides is 4. The molecule has 16 nitrogen and oxygen atoms in total. The van der Waals surface area contributed by atoms with Crippen molar-refractivity contribution in [2.24, 2.45) is 22.9 Å². The van der Waals surface area contributed by atoms with Crippen molar-refractivity contribution in [2.75, 3.05) is 11.5 Å². The van der Waals surface area contributed by atoms with Crippen LogP contribution >= 0.6 is 0 Å². The van der Waals surface area contributed by atoms with Gasteiger partial charge in [0.25, 0.3) is 20.2 Å². The third-order valence-corrected chi connectivity index (χ3v) is 7.53. The standard InChI is InChI=1S/C12H12N2O6S2.2C8H8N2O2/c13-7-1-3-9(11(5-7)21(15,16)17)10-4-2-8(14)6-12(10)22(18,19)20;9-7(11)5-1-2-6(4-3-5)8(10)12;9-7(11)5-2-1-3-6(4-5)8(10)12/h1-6H,13-14H2,(H,15,16,17)(H,18,19,20);2*1-4H,(H2,9,11)(H2,10,12). The van der Waals surface area contributed by atoms with E-state index in [-0.39, 0.29) is 33.6 Å². The SMILES string of the molecule is NC(=O)c1ccc(C(N)=O)cc1.NC(=O)c1cccc(C(N)=O)c1.Nc1ccc(-c2ccc(N)cc2S(=O)(=O)O)c(S(=O)(=O)O)c1. The Hall–Kier alpha value is -5.82. The number of benzene rings is 4. The summed E-state index contributed by atoms with van der Waals surface area (Å²) >= 11 is 0. The van der Waals surface area contributed by atoms with Crippen LogP contribution in [0, 0.1) is 0 Å². The molecule has 18 heteroatoms. The summed E-state index contributed by atoms with van der Waals surface area (Å²) in [6.07, 6.45) is 0. The molecule has 46 heavy (non-hydrogen) atoms. The molecule has 0 aliphatic carbocycles. The Bertz CT molecular complexity index is 1890. The molecule has 4 amide bonds. The van der Waals surface area contributed by atoms with Crippen molar-refractivity contribution in [3.8, 4) is 11.1 Å². The van der Waals surface area contributed by atoms with E-state index in [1.807, 2.05) is 0 Å². The van der Waals surface area contributed by atoms with Gasteiger partial charge in [-0.1, -0.05) is 18.2 Å². The Kier molecular flexibility index (Phi) is 11.7. The molecule has 0 aromatic heterocycles. The number of nitrogens with two attached hydrogens (primary N) is 6. The van der Waals surface area contributed by atoms with Crippen molar-refractivity contribution in [1.82, 2.24) is 0 Å². The van der Waals surface area contributed by atoms with Crippen LogP contribution in [-0.4, -0.2) is 49.6 Å². The second kappa shape index (κ2) is 14.8. The van der Waals surface area contributed by atoms with Crippen LogP contribution in [0.25, 0.3) is 11.1 Å². The number of hydrogen-bond acceptors (Lipinski definition) is 10. The molecule has 0 heterocycles. The van der Waals surface area contributed by atoms with Crippen molar-refractivity contribution in [2.45, 2.75) is 9.79 Å². The largest absolute Gasteiger partial charge is 0.399 e. The zero-order chi connectivity index (χ0) is 35.0. The zero-order valence-electron chi connectivity index (χ0n) is 23.5. The fourth-order valence-electron chi connectivity index (χ4n) is 3.57. The molecule has 0 spiro atoms. The number of hydrogen-bond donors (Lipinski definition) is 8. The van der Waals surface area contributed by atoms with Crippen LogP contribution in [0.15, 0.2) is 94.7 Å². The van der Waals surface area contributed by atoms with E-state index >= 15 is 0 Å². The van der Waals surface area contributed by atoms with Crippen LogP contribution in [0.5, 0.6) is 0 Å². The van der Waals surface area contributed by atoms with Gasteiger partial charge in [0, 0.05) is 44.8 Å². The highest BCUT2D eigenvalue weighted by molar-refractivity contribution is 7.86. The summed E-state index contributed by atoms with van der Waals surface area (Å²) in [5.74, 6) is -2.19. The van der Waals surface area contributed by atoms with Gasteiger partial charge in [-0.3, -0.25) is 28.3 Å². The molecule has 4 rings (SSSR count). The number of primary amides is 4. The Morgan fingerprint density at radius 1 is 0.457 bits per heavy atom. The topological polar surface area (TPSA) is 333 Å². The number of rotatable bonds is 7. The van der Waals surface area contributed by atoms with Gasteiger partial charge in [-0.25, -0.2) is 0 Å². The predicted octanol–water partition coefficient (Wildman–Crippen LogP) is 0.780. The summed E-state index contributed by atoms with van der Waals surface area (Å²) in [7, 11) is -9.33. The number of anilines is 2. The Balaban J connectivity index is 0.000000261. The van der Waals surface area contributed by atoms with Crippen LogP contribution < -0.4 is 34.4 Å². The second-order valence-electron chi connectivity index (χ2n) is 9.08. The molecule has 0 saturated heterocycles. The Labute approximate surface area is 262 Å². The first-order chi connectivity index (χ1) is 21.2. The molecule has 242 valence electrons. The predicted molar refractivity (Wildman–Crippen MR) is 167 cm³/mol. The van der Waals surface area contributed by atoms with Crippen LogP contribution in [0.3, 0.4) is 0 Å². The molecule has 0 aliphatic rings. The lowest BCUT2D eigenvalue weighted by Crippen LogP contribution is -2.14. The summed E-state index contributed by atoms with van der Waals surface area (Å²) in [4.78, 5) is 41.3. The van der Waals surface area contributed by atoms with Gasteiger partial charge in [0.05, 0.1) is 0 Å². The van der Waals surface area contributed by atoms with Crippen LogP contribution in [0.4, 0.5) is 11.4 Å². The summed E-state index contributed by atoms with van der Waals surface area (Å²) in [6, 6.07) is 18.9. The first kappa shape index (κ1) is 36.4. The second-order valence-corrected chi connectivity index (χ2v) is 11.9. The van der Waals surface area contributed by atoms with Crippen LogP contribution in [0.1, 0.15) is 41.4 Å². The molecule has 0 aliphatic heterocycles. The van der Waals surface area contributed by atoms with Crippen molar-refractivity contribution >= 4 is 55.2 Å². The number of carbonyl (C=O) groups is 4. The quantitative estimate of drug-likeness (QED) is 0.0997. The smallest absolute Gasteiger partial charge is 0.295 e. The highest BCUT2D eigenvalue weighted by Gasteiger charge is 2.23. The molecule has 0 atom stereocenters. The third-order valence-electron chi connectivity index (χ3n) is 5.74. The maximum atomic E-state index is 11.5. The van der Waals surface area contributed by atoms with Crippen molar-refractivity contribution in [3.05, 3.63) is 107 Å². The highest BCUT2D eigenvalue weighted by Crippen LogP contribution is 2.34. The van der Waals surface area contributed by atoms with E-state index in [0.717, 1.165) is 12.1 Å². The van der Waals surface area contributed by atoms with Crippen molar-refractivity contribution in [3.63, 3.8) is 0 Å². The summed E-state index contributed by atoms with van der Waals surface area (Å²) < 4.78 is 64.4. The molecular formula is C28H28N6O10S2. The van der Waals surface area contributed by atoms with Crippen molar-refractivity contribution < 1.29 is 45.1 Å². The fraction of sp³-hybridized carbons (Fsp3) is 0. The van der Waals surface area contributed by atoms with Gasteiger partial charge >= 0.3 is 0 Å². The van der Waals surface area contributed by atoms with E-state index in [4.69, 9.17) is 34.4 Å². The van der Waals surface area contributed by atoms with Gasteiger partial charge in [0.2, 0.25) is 23.6 Å². The van der Waals surface area contributed by atoms with Gasteiger partial charge in [0.15, 0.2) is 0 Å². The van der Waals surface area contributed by atoms with E-state index in [2.05, 4.69) is 0 Å². The van der Waals surface area contributed by atoms with E-state index in [1.165, 1.54) is 66.7 Å². The summed E-state index contributed by atoms with van der Waals surface area (Å²) in [5.41, 5.74) is 32.1. The first-order valence-electron chi connectivity index (χ1n) is 12.4. The molecule has 0 bridgehead atoms. The lowest BCUT2D eigenvalue weighted by Gasteiger charge is -2.12. The number of carbonyl (C=O) groups excluding carboxylic acids is 4. The fourth-order valence-corrected chi connectivity index (χ4v) is 5.06. The van der Waals surface area contributed by atoms with Crippen LogP contribution in [-0.2, 0) is 20.2 Å². The normalized spacial score (nSPS) is 10.7. The minimum atomic E-state index is -4.66. The maximum absolute atomic E-state index is 11.5. The molecule has 0 saturated carbocycles. The van der Waals surface area contributed by atoms with E-state index in [1.54, 1.807) is 6.07 Å². The monoisotopic (exact) mass is 672 g/mol. The van der Waals surface area contributed by atoms with Gasteiger partial charge in [0.1, 0.15) is 9.79 Å². The first-order valence-corrected chi connectivity index (χ1v) is 15.2. The van der Waals surface area contributed by atoms with E-state index < -0.39 is 53.7 Å². The van der Waals surface area contributed by atoms with Crippen molar-refractivity contribution in [1.29, 1.82) is 0 Å². The molecular weight excluding hydrogens is 644 g/mol. The number of nitrogen functional groups attached to an aromatic ring is 2. The summed E-state index contributed by atoms with van der Waals surface area (Å²) in [6.45, 7) is 0. The maximum Gasteiger partial charge on any atom is 0.295 e. The molecule has 0 radical (unpaired) electrons. The average molecular weight is 673 g/mol. The van der Waals surface area contributed by atoms with Gasteiger partial charge in [-0.2, -0.15) is 16.8 Å². The Morgan fingerprint density at radius 3 is 1.02 bits per heavy atom.